The lowest BCUT2D eigenvalue weighted by molar-refractivity contribution is 0.392. The molecule has 0 spiro atoms. The van der Waals surface area contributed by atoms with E-state index in [0.717, 1.165) is 35.6 Å². The predicted molar refractivity (Wildman–Crippen MR) is 92.9 cm³/mol. The first-order chi connectivity index (χ1) is 11.2. The number of aromatic nitrogens is 3. The van der Waals surface area contributed by atoms with Gasteiger partial charge in [-0.15, -0.1) is 0 Å². The maximum Gasteiger partial charge on any atom is 0.164 e. The Morgan fingerprint density at radius 2 is 2.00 bits per heavy atom. The fourth-order valence-corrected chi connectivity index (χ4v) is 3.51. The Labute approximate surface area is 136 Å². The zero-order valence-corrected chi connectivity index (χ0v) is 13.7. The van der Waals surface area contributed by atoms with Crippen LogP contribution in [0.2, 0.25) is 0 Å². The van der Waals surface area contributed by atoms with Crippen LogP contribution in [0.1, 0.15) is 17.8 Å². The van der Waals surface area contributed by atoms with Crippen LogP contribution in [0.3, 0.4) is 0 Å². The van der Waals surface area contributed by atoms with Gasteiger partial charge in [-0.1, -0.05) is 17.7 Å². The summed E-state index contributed by atoms with van der Waals surface area (Å²) in [7, 11) is 2.20. The Balaban J connectivity index is 1.79. The molecule has 0 bridgehead atoms. The molecule has 1 unspecified atom stereocenters. The maximum atomic E-state index is 4.88. The van der Waals surface area contributed by atoms with E-state index in [1.54, 1.807) is 0 Å². The second-order valence-electron chi connectivity index (χ2n) is 6.67. The molecule has 4 heteroatoms. The van der Waals surface area contributed by atoms with Crippen molar-refractivity contribution in [1.82, 2.24) is 19.4 Å². The lowest BCUT2D eigenvalue weighted by atomic mass is 10.0. The third kappa shape index (κ3) is 2.75. The molecule has 1 aliphatic heterocycles. The highest BCUT2D eigenvalue weighted by atomic mass is 15.1. The van der Waals surface area contributed by atoms with Crippen molar-refractivity contribution in [2.45, 2.75) is 19.8 Å². The largest absolute Gasteiger partial charge is 0.306 e. The van der Waals surface area contributed by atoms with Gasteiger partial charge in [0.05, 0.1) is 0 Å². The average molecular weight is 306 g/mol. The van der Waals surface area contributed by atoms with Gasteiger partial charge in [0.1, 0.15) is 11.3 Å². The highest BCUT2D eigenvalue weighted by Gasteiger charge is 2.23. The van der Waals surface area contributed by atoms with Crippen LogP contribution in [-0.2, 0) is 6.42 Å². The Hall–Kier alpha value is -2.20. The summed E-state index contributed by atoms with van der Waals surface area (Å²) in [4.78, 5) is 11.9. The van der Waals surface area contributed by atoms with Gasteiger partial charge in [-0.3, -0.25) is 4.57 Å². The zero-order chi connectivity index (χ0) is 15.8. The van der Waals surface area contributed by atoms with Crippen molar-refractivity contribution in [3.63, 3.8) is 0 Å². The Morgan fingerprint density at radius 1 is 1.17 bits per heavy atom. The Bertz CT molecular complexity index is 819. The van der Waals surface area contributed by atoms with Crippen molar-refractivity contribution in [1.29, 1.82) is 0 Å². The van der Waals surface area contributed by atoms with Gasteiger partial charge < -0.3 is 4.90 Å². The standard InChI is InChI=1S/C19H22N4/c1-14-5-7-16(8-6-14)23-18(12-15-9-11-22(2)13-15)21-17-4-3-10-20-19(17)23/h3-8,10,15H,9,11-13H2,1-2H3. The maximum absolute atomic E-state index is 4.88. The molecule has 4 nitrogen and oxygen atoms in total. The number of benzene rings is 1. The topological polar surface area (TPSA) is 34.0 Å². The van der Waals surface area contributed by atoms with Crippen molar-refractivity contribution in [2.75, 3.05) is 20.1 Å². The molecular formula is C19H22N4. The van der Waals surface area contributed by atoms with Crippen molar-refractivity contribution in [3.05, 3.63) is 54.0 Å². The average Bonchev–Trinajstić information content (AvgIpc) is 3.12. The number of nitrogens with zero attached hydrogens (tertiary/aromatic N) is 4. The van der Waals surface area contributed by atoms with Crippen molar-refractivity contribution >= 4 is 11.2 Å². The molecule has 118 valence electrons. The van der Waals surface area contributed by atoms with E-state index >= 15 is 0 Å². The van der Waals surface area contributed by atoms with E-state index in [-0.39, 0.29) is 0 Å². The fraction of sp³-hybridized carbons (Fsp3) is 0.368. The van der Waals surface area contributed by atoms with Crippen molar-refractivity contribution < 1.29 is 0 Å². The van der Waals surface area contributed by atoms with Gasteiger partial charge in [0.15, 0.2) is 5.65 Å². The molecule has 0 aliphatic carbocycles. The molecule has 0 amide bonds. The van der Waals surface area contributed by atoms with Crippen LogP contribution in [-0.4, -0.2) is 39.6 Å². The second kappa shape index (κ2) is 5.78. The molecule has 0 N–H and O–H groups in total. The van der Waals surface area contributed by atoms with Gasteiger partial charge >= 0.3 is 0 Å². The number of hydrogen-bond acceptors (Lipinski definition) is 3. The molecule has 1 fully saturated rings. The summed E-state index contributed by atoms with van der Waals surface area (Å²) in [5, 5.41) is 0. The van der Waals surface area contributed by atoms with Crippen LogP contribution in [0, 0.1) is 12.8 Å². The molecular weight excluding hydrogens is 284 g/mol. The summed E-state index contributed by atoms with van der Waals surface area (Å²) in [5.41, 5.74) is 4.36. The SMILES string of the molecule is Cc1ccc(-n2c(CC3CCN(C)C3)nc3cccnc32)cc1. The van der Waals surface area contributed by atoms with Crippen LogP contribution in [0.5, 0.6) is 0 Å². The van der Waals surface area contributed by atoms with Crippen LogP contribution in [0.15, 0.2) is 42.6 Å². The summed E-state index contributed by atoms with van der Waals surface area (Å²) < 4.78 is 2.23. The smallest absolute Gasteiger partial charge is 0.164 e. The van der Waals surface area contributed by atoms with Gasteiger partial charge in [0, 0.05) is 24.8 Å². The van der Waals surface area contributed by atoms with Crippen LogP contribution < -0.4 is 0 Å². The lowest BCUT2D eigenvalue weighted by Gasteiger charge is -2.13. The minimum atomic E-state index is 0.681. The van der Waals surface area contributed by atoms with E-state index in [1.165, 1.54) is 18.5 Å². The minimum absolute atomic E-state index is 0.681. The van der Waals surface area contributed by atoms with E-state index in [4.69, 9.17) is 4.98 Å². The molecule has 2 aromatic heterocycles. The number of likely N-dealkylation sites (tertiary alicyclic amines) is 1. The summed E-state index contributed by atoms with van der Waals surface area (Å²) in [5.74, 6) is 1.81. The van der Waals surface area contributed by atoms with Crippen LogP contribution in [0.4, 0.5) is 0 Å². The molecule has 3 aromatic rings. The number of aryl methyl sites for hydroxylation is 1. The van der Waals surface area contributed by atoms with E-state index < -0.39 is 0 Å². The summed E-state index contributed by atoms with van der Waals surface area (Å²) >= 11 is 0. The van der Waals surface area contributed by atoms with Crippen molar-refractivity contribution in [3.8, 4) is 5.69 Å². The van der Waals surface area contributed by atoms with Gasteiger partial charge in [-0.25, -0.2) is 9.97 Å². The van der Waals surface area contributed by atoms with Crippen LogP contribution in [0.25, 0.3) is 16.9 Å². The molecule has 0 saturated carbocycles. The van der Waals surface area contributed by atoms with E-state index in [9.17, 15) is 0 Å². The first-order valence-corrected chi connectivity index (χ1v) is 8.28. The van der Waals surface area contributed by atoms with E-state index in [1.807, 2.05) is 12.3 Å². The summed E-state index contributed by atoms with van der Waals surface area (Å²) in [6, 6.07) is 12.6. The van der Waals surface area contributed by atoms with E-state index in [2.05, 4.69) is 58.8 Å². The summed E-state index contributed by atoms with van der Waals surface area (Å²) in [6.45, 7) is 4.46. The molecule has 1 aromatic carbocycles. The third-order valence-corrected chi connectivity index (χ3v) is 4.74. The Kier molecular flexibility index (Phi) is 3.62. The number of pyridine rings is 1. The summed E-state index contributed by atoms with van der Waals surface area (Å²) in [6.07, 6.45) is 4.11. The number of fused-ring (bicyclic) bond motifs is 1. The highest BCUT2D eigenvalue weighted by Crippen LogP contribution is 2.25. The highest BCUT2D eigenvalue weighted by molar-refractivity contribution is 5.73. The van der Waals surface area contributed by atoms with Crippen LogP contribution >= 0.6 is 0 Å². The first-order valence-electron chi connectivity index (χ1n) is 8.28. The normalized spacial score (nSPS) is 18.8. The van der Waals surface area contributed by atoms with Crippen molar-refractivity contribution in [2.24, 2.45) is 5.92 Å². The second-order valence-corrected chi connectivity index (χ2v) is 6.67. The number of hydrogen-bond donors (Lipinski definition) is 0. The monoisotopic (exact) mass is 306 g/mol. The molecule has 3 heterocycles. The van der Waals surface area contributed by atoms with Gasteiger partial charge in [-0.05, 0) is 57.1 Å². The molecule has 1 saturated heterocycles. The van der Waals surface area contributed by atoms with Gasteiger partial charge in [0.25, 0.3) is 0 Å². The molecule has 0 radical (unpaired) electrons. The quantitative estimate of drug-likeness (QED) is 0.745. The first kappa shape index (κ1) is 14.4. The predicted octanol–water partition coefficient (Wildman–Crippen LogP) is 3.22. The fourth-order valence-electron chi connectivity index (χ4n) is 3.51. The van der Waals surface area contributed by atoms with E-state index in [0.29, 0.717) is 5.92 Å². The molecule has 1 atom stereocenters. The minimum Gasteiger partial charge on any atom is -0.306 e. The molecule has 23 heavy (non-hydrogen) atoms. The molecule has 4 rings (SSSR count). The molecule has 1 aliphatic rings. The third-order valence-electron chi connectivity index (χ3n) is 4.74. The lowest BCUT2D eigenvalue weighted by Crippen LogP contribution is -2.16. The number of rotatable bonds is 3. The number of imidazole rings is 1. The van der Waals surface area contributed by atoms with Gasteiger partial charge in [0.2, 0.25) is 0 Å². The zero-order valence-electron chi connectivity index (χ0n) is 13.7. The Morgan fingerprint density at radius 3 is 2.74 bits per heavy atom. The van der Waals surface area contributed by atoms with Gasteiger partial charge in [-0.2, -0.15) is 0 Å².